The zero-order valence-electron chi connectivity index (χ0n) is 12.5. The van der Waals surface area contributed by atoms with Crippen LogP contribution in [0.4, 0.5) is 5.69 Å². The third-order valence-electron chi connectivity index (χ3n) is 2.81. The molecule has 0 saturated carbocycles. The molecule has 0 aliphatic rings. The Morgan fingerprint density at radius 1 is 1.43 bits per heavy atom. The Morgan fingerprint density at radius 3 is 2.62 bits per heavy atom. The molecule has 1 aromatic carbocycles. The van der Waals surface area contributed by atoms with Gasteiger partial charge in [-0.3, -0.25) is 14.9 Å². The average Bonchev–Trinajstić information content (AvgIpc) is 2.39. The Morgan fingerprint density at radius 2 is 2.10 bits per heavy atom. The van der Waals surface area contributed by atoms with Crippen LogP contribution in [0.25, 0.3) is 0 Å². The molecule has 0 radical (unpaired) electrons. The molecule has 1 rings (SSSR count). The van der Waals surface area contributed by atoms with Crippen molar-refractivity contribution in [3.63, 3.8) is 0 Å². The Bertz CT molecular complexity index is 517. The van der Waals surface area contributed by atoms with Crippen LogP contribution in [-0.4, -0.2) is 23.5 Å². The molecule has 1 amide bonds. The first-order valence-electron chi connectivity index (χ1n) is 6.75. The van der Waals surface area contributed by atoms with Gasteiger partial charge in [0.25, 0.3) is 5.91 Å². The van der Waals surface area contributed by atoms with Gasteiger partial charge in [-0.1, -0.05) is 19.9 Å². The Balaban J connectivity index is 2.86. The number of carbonyl (C=O) groups excluding carboxylic acids is 1. The van der Waals surface area contributed by atoms with Crippen LogP contribution >= 0.6 is 0 Å². The van der Waals surface area contributed by atoms with Crippen LogP contribution in [0.2, 0.25) is 0 Å². The number of rotatable bonds is 8. The number of ether oxygens (including phenoxy) is 1. The van der Waals surface area contributed by atoms with Gasteiger partial charge in [-0.05, 0) is 31.0 Å². The van der Waals surface area contributed by atoms with E-state index in [1.54, 1.807) is 6.07 Å². The molecule has 116 valence electrons. The number of hydrogen-bond donors (Lipinski definition) is 2. The van der Waals surface area contributed by atoms with Gasteiger partial charge in [-0.15, -0.1) is 0 Å². The summed E-state index contributed by atoms with van der Waals surface area (Å²) in [5.74, 6) is -0.134. The van der Waals surface area contributed by atoms with Crippen LogP contribution in [0.5, 0.6) is 5.75 Å². The van der Waals surface area contributed by atoms with E-state index in [9.17, 15) is 14.9 Å². The first-order chi connectivity index (χ1) is 9.81. The number of nitrogens with zero attached hydrogens (tertiary/aromatic N) is 1. The first kappa shape index (κ1) is 16.9. The van der Waals surface area contributed by atoms with Crippen molar-refractivity contribution in [2.24, 2.45) is 11.7 Å². The van der Waals surface area contributed by atoms with Gasteiger partial charge >= 0.3 is 5.69 Å². The molecule has 3 N–H and O–H groups in total. The lowest BCUT2D eigenvalue weighted by Gasteiger charge is -2.12. The van der Waals surface area contributed by atoms with Crippen LogP contribution in [0, 0.1) is 16.0 Å². The van der Waals surface area contributed by atoms with E-state index in [2.05, 4.69) is 19.2 Å². The van der Waals surface area contributed by atoms with Crippen LogP contribution in [-0.2, 0) is 11.3 Å². The van der Waals surface area contributed by atoms with Crippen molar-refractivity contribution in [1.29, 1.82) is 0 Å². The molecule has 7 nitrogen and oxygen atoms in total. The van der Waals surface area contributed by atoms with Crippen LogP contribution in [0.1, 0.15) is 26.3 Å². The summed E-state index contributed by atoms with van der Waals surface area (Å²) in [4.78, 5) is 21.5. The highest BCUT2D eigenvalue weighted by Crippen LogP contribution is 2.28. The summed E-state index contributed by atoms with van der Waals surface area (Å²) in [6, 6.07) is 4.66. The third kappa shape index (κ3) is 5.39. The lowest BCUT2D eigenvalue weighted by molar-refractivity contribution is -0.386. The average molecular weight is 295 g/mol. The lowest BCUT2D eigenvalue weighted by Crippen LogP contribution is -2.30. The first-order valence-corrected chi connectivity index (χ1v) is 6.75. The number of nitro benzene ring substituents is 1. The van der Waals surface area contributed by atoms with E-state index in [0.29, 0.717) is 12.5 Å². The number of nitro groups is 1. The molecule has 7 heteroatoms. The topological polar surface area (TPSA) is 107 Å². The summed E-state index contributed by atoms with van der Waals surface area (Å²) >= 11 is 0. The maximum absolute atomic E-state index is 11.1. The molecular formula is C14H21N3O4. The molecular weight excluding hydrogens is 274 g/mol. The molecule has 0 heterocycles. The van der Waals surface area contributed by atoms with Gasteiger partial charge in [-0.25, -0.2) is 0 Å². The van der Waals surface area contributed by atoms with Gasteiger partial charge in [-0.2, -0.15) is 0 Å². The fourth-order valence-electron chi connectivity index (χ4n) is 1.67. The summed E-state index contributed by atoms with van der Waals surface area (Å²) in [7, 11) is 0. The number of primary amides is 1. The summed E-state index contributed by atoms with van der Waals surface area (Å²) in [5, 5.41) is 14.3. The second-order valence-electron chi connectivity index (χ2n) is 5.25. The number of carbonyl (C=O) groups is 1. The highest BCUT2D eigenvalue weighted by Gasteiger charge is 2.20. The van der Waals surface area contributed by atoms with Gasteiger partial charge in [0.15, 0.2) is 11.9 Å². The monoisotopic (exact) mass is 295 g/mol. The fraction of sp³-hybridized carbons (Fsp3) is 0.500. The molecule has 1 unspecified atom stereocenters. The largest absolute Gasteiger partial charge is 0.474 e. The summed E-state index contributed by atoms with van der Waals surface area (Å²) in [6.07, 6.45) is -0.923. The molecule has 0 saturated heterocycles. The third-order valence-corrected chi connectivity index (χ3v) is 2.81. The van der Waals surface area contributed by atoms with Gasteiger partial charge in [0.05, 0.1) is 4.92 Å². The van der Waals surface area contributed by atoms with E-state index in [0.717, 1.165) is 12.1 Å². The minimum atomic E-state index is -0.923. The summed E-state index contributed by atoms with van der Waals surface area (Å²) in [5.41, 5.74) is 5.70. The Kier molecular flexibility index (Phi) is 6.10. The van der Waals surface area contributed by atoms with Crippen LogP contribution in [0.3, 0.4) is 0 Å². The Hall–Kier alpha value is -2.15. The second kappa shape index (κ2) is 7.58. The molecule has 1 aromatic rings. The van der Waals surface area contributed by atoms with Crippen molar-refractivity contribution in [2.75, 3.05) is 6.54 Å². The molecule has 0 aromatic heterocycles. The second-order valence-corrected chi connectivity index (χ2v) is 5.25. The zero-order chi connectivity index (χ0) is 16.0. The molecule has 1 atom stereocenters. The zero-order valence-corrected chi connectivity index (χ0v) is 12.5. The normalized spacial score (nSPS) is 12.2. The highest BCUT2D eigenvalue weighted by atomic mass is 16.6. The number of amides is 1. The standard InChI is InChI=1S/C14H21N3O4/c1-9(2)7-16-8-11-4-5-13(12(6-11)17(19)20)21-10(3)14(15)18/h4-6,9-10,16H,7-8H2,1-3H3,(H2,15,18). The van der Waals surface area contributed by atoms with Crippen molar-refractivity contribution in [3.05, 3.63) is 33.9 Å². The van der Waals surface area contributed by atoms with Gasteiger partial charge in [0.2, 0.25) is 0 Å². The number of benzene rings is 1. The maximum atomic E-state index is 11.1. The predicted molar refractivity (Wildman–Crippen MR) is 78.9 cm³/mol. The molecule has 0 fully saturated rings. The number of hydrogen-bond acceptors (Lipinski definition) is 5. The van der Waals surface area contributed by atoms with Gasteiger partial charge in [0.1, 0.15) is 0 Å². The van der Waals surface area contributed by atoms with Crippen molar-refractivity contribution in [3.8, 4) is 5.75 Å². The maximum Gasteiger partial charge on any atom is 0.311 e. The quantitative estimate of drug-likeness (QED) is 0.559. The molecule has 0 aliphatic heterocycles. The summed E-state index contributed by atoms with van der Waals surface area (Å²) < 4.78 is 5.23. The molecule has 0 bridgehead atoms. The van der Waals surface area contributed by atoms with Gasteiger partial charge < -0.3 is 15.8 Å². The van der Waals surface area contributed by atoms with E-state index in [-0.39, 0.29) is 11.4 Å². The van der Waals surface area contributed by atoms with Crippen molar-refractivity contribution in [2.45, 2.75) is 33.4 Å². The SMILES string of the molecule is CC(C)CNCc1ccc(OC(C)C(N)=O)c([N+](=O)[O-])c1. The minimum Gasteiger partial charge on any atom is -0.474 e. The molecule has 0 spiro atoms. The number of nitrogens with one attached hydrogen (secondary N) is 1. The minimum absolute atomic E-state index is 0.0407. The fourth-order valence-corrected chi connectivity index (χ4v) is 1.67. The predicted octanol–water partition coefficient (Wildman–Crippen LogP) is 1.59. The lowest BCUT2D eigenvalue weighted by atomic mass is 10.1. The smallest absolute Gasteiger partial charge is 0.311 e. The van der Waals surface area contributed by atoms with E-state index >= 15 is 0 Å². The van der Waals surface area contributed by atoms with Crippen molar-refractivity contribution < 1.29 is 14.5 Å². The molecule has 21 heavy (non-hydrogen) atoms. The van der Waals surface area contributed by atoms with Crippen LogP contribution in [0.15, 0.2) is 18.2 Å². The van der Waals surface area contributed by atoms with Crippen LogP contribution < -0.4 is 15.8 Å². The van der Waals surface area contributed by atoms with Crippen molar-refractivity contribution >= 4 is 11.6 Å². The summed E-state index contributed by atoms with van der Waals surface area (Å²) in [6.45, 7) is 6.97. The van der Waals surface area contributed by atoms with Gasteiger partial charge in [0, 0.05) is 12.6 Å². The Labute approximate surface area is 123 Å². The van der Waals surface area contributed by atoms with Crippen molar-refractivity contribution in [1.82, 2.24) is 5.32 Å². The van der Waals surface area contributed by atoms with E-state index < -0.39 is 16.9 Å². The van der Waals surface area contributed by atoms with E-state index in [1.807, 2.05) is 0 Å². The number of nitrogens with two attached hydrogens (primary N) is 1. The van der Waals surface area contributed by atoms with E-state index in [1.165, 1.54) is 19.1 Å². The molecule has 0 aliphatic carbocycles. The van der Waals surface area contributed by atoms with E-state index in [4.69, 9.17) is 10.5 Å². The highest BCUT2D eigenvalue weighted by molar-refractivity contribution is 5.78.